The van der Waals surface area contributed by atoms with Crippen LogP contribution in [-0.2, 0) is 20.5 Å². The molecule has 2 fully saturated rings. The fourth-order valence-corrected chi connectivity index (χ4v) is 4.12. The third kappa shape index (κ3) is 3.44. The normalized spacial score (nSPS) is 22.0. The van der Waals surface area contributed by atoms with Crippen LogP contribution in [0.5, 0.6) is 0 Å². The van der Waals surface area contributed by atoms with Crippen LogP contribution in [-0.4, -0.2) is 35.8 Å². The number of amides is 4. The van der Waals surface area contributed by atoms with Crippen LogP contribution in [0.2, 0.25) is 0 Å². The smallest absolute Gasteiger partial charge is 0.325 e. The third-order valence-corrected chi connectivity index (χ3v) is 6.21. The summed E-state index contributed by atoms with van der Waals surface area (Å²) in [5.74, 6) is -1.31. The van der Waals surface area contributed by atoms with Crippen molar-refractivity contribution >= 4 is 17.8 Å². The van der Waals surface area contributed by atoms with Crippen LogP contribution in [0.25, 0.3) is 0 Å². The van der Waals surface area contributed by atoms with Crippen molar-refractivity contribution in [3.8, 4) is 0 Å². The molecule has 30 heavy (non-hydrogen) atoms. The molecule has 1 saturated heterocycles. The fraction of sp³-hybridized carbons (Fsp3) is 0.348. The Balaban J connectivity index is 1.43. The zero-order valence-electron chi connectivity index (χ0n) is 16.8. The van der Waals surface area contributed by atoms with Gasteiger partial charge >= 0.3 is 6.03 Å². The Bertz CT molecular complexity index is 973. The van der Waals surface area contributed by atoms with E-state index in [1.54, 1.807) is 6.92 Å². The van der Waals surface area contributed by atoms with E-state index in [0.29, 0.717) is 18.5 Å². The van der Waals surface area contributed by atoms with Gasteiger partial charge in [-0.05, 0) is 42.5 Å². The minimum absolute atomic E-state index is 0.0600. The zero-order valence-corrected chi connectivity index (χ0v) is 16.8. The van der Waals surface area contributed by atoms with Gasteiger partial charge in [0.1, 0.15) is 17.9 Å². The predicted octanol–water partition coefficient (Wildman–Crippen LogP) is 2.83. The molecule has 2 aromatic rings. The van der Waals surface area contributed by atoms with Gasteiger partial charge in [-0.2, -0.15) is 0 Å². The van der Waals surface area contributed by atoms with E-state index < -0.39 is 23.3 Å². The van der Waals surface area contributed by atoms with Crippen molar-refractivity contribution in [2.45, 2.75) is 37.1 Å². The molecule has 1 atom stereocenters. The number of nitrogens with one attached hydrogen (secondary N) is 2. The average molecular weight is 409 g/mol. The first kappa shape index (κ1) is 20.1. The van der Waals surface area contributed by atoms with E-state index in [1.807, 2.05) is 18.2 Å². The number of hydrogen-bond donors (Lipinski definition) is 2. The Hall–Kier alpha value is -3.22. The number of nitrogens with zero attached hydrogens (tertiary/aromatic N) is 1. The van der Waals surface area contributed by atoms with Crippen molar-refractivity contribution in [2.75, 3.05) is 13.1 Å². The summed E-state index contributed by atoms with van der Waals surface area (Å²) in [5.41, 5.74) is 0.331. The first-order valence-electron chi connectivity index (χ1n) is 10.1. The van der Waals surface area contributed by atoms with Gasteiger partial charge in [0.05, 0.1) is 0 Å². The summed E-state index contributed by atoms with van der Waals surface area (Å²) in [6, 6.07) is 14.9. The maximum Gasteiger partial charge on any atom is 0.325 e. The summed E-state index contributed by atoms with van der Waals surface area (Å²) in [6.45, 7) is 1.89. The molecule has 2 aromatic carbocycles. The summed E-state index contributed by atoms with van der Waals surface area (Å²) in [4.78, 5) is 39.1. The van der Waals surface area contributed by atoms with E-state index in [-0.39, 0.29) is 17.9 Å². The van der Waals surface area contributed by atoms with Crippen molar-refractivity contribution < 1.29 is 18.8 Å². The minimum atomic E-state index is -1.28. The average Bonchev–Trinajstić information content (AvgIpc) is 3.52. The Morgan fingerprint density at radius 3 is 2.33 bits per heavy atom. The summed E-state index contributed by atoms with van der Waals surface area (Å²) >= 11 is 0. The maximum atomic E-state index is 13.3. The number of benzene rings is 2. The standard InChI is InChI=1S/C23H24FN3O3/c1-2-23(17-8-10-18(24)11-9-17)20(29)27(21(30)26-23)14-19(28)25-15-22(12-13-22)16-6-4-3-5-7-16/h3-11H,2,12-15H2,1H3,(H,25,28)(H,26,30). The molecule has 1 heterocycles. The molecule has 1 aliphatic heterocycles. The van der Waals surface area contributed by atoms with Crippen molar-refractivity contribution in [1.82, 2.24) is 15.5 Å². The first-order valence-corrected chi connectivity index (χ1v) is 10.1. The van der Waals surface area contributed by atoms with Crippen LogP contribution >= 0.6 is 0 Å². The largest absolute Gasteiger partial charge is 0.354 e. The summed E-state index contributed by atoms with van der Waals surface area (Å²) in [5, 5.41) is 5.59. The summed E-state index contributed by atoms with van der Waals surface area (Å²) < 4.78 is 13.3. The molecule has 4 amide bonds. The van der Waals surface area contributed by atoms with Gasteiger partial charge in [-0.1, -0.05) is 49.4 Å². The number of carbonyl (C=O) groups is 3. The molecule has 4 rings (SSSR count). The van der Waals surface area contributed by atoms with Crippen molar-refractivity contribution in [3.63, 3.8) is 0 Å². The van der Waals surface area contributed by atoms with Crippen LogP contribution in [0.4, 0.5) is 9.18 Å². The van der Waals surface area contributed by atoms with E-state index in [4.69, 9.17) is 0 Å². The lowest BCUT2D eigenvalue weighted by molar-refractivity contribution is -0.135. The van der Waals surface area contributed by atoms with Gasteiger partial charge in [0.2, 0.25) is 5.91 Å². The number of hydrogen-bond acceptors (Lipinski definition) is 3. The second kappa shape index (κ2) is 7.55. The quantitative estimate of drug-likeness (QED) is 0.691. The van der Waals surface area contributed by atoms with Gasteiger partial charge in [-0.25, -0.2) is 9.18 Å². The van der Waals surface area contributed by atoms with Gasteiger partial charge in [0.15, 0.2) is 0 Å². The Morgan fingerprint density at radius 1 is 1.07 bits per heavy atom. The maximum absolute atomic E-state index is 13.3. The fourth-order valence-electron chi connectivity index (χ4n) is 4.12. The molecule has 0 spiro atoms. The molecular formula is C23H24FN3O3. The lowest BCUT2D eigenvalue weighted by atomic mass is 9.87. The van der Waals surface area contributed by atoms with Gasteiger partial charge < -0.3 is 10.6 Å². The molecule has 1 saturated carbocycles. The van der Waals surface area contributed by atoms with E-state index in [0.717, 1.165) is 17.7 Å². The van der Waals surface area contributed by atoms with E-state index in [2.05, 4.69) is 22.8 Å². The Kier molecular flexibility index (Phi) is 5.05. The van der Waals surface area contributed by atoms with Gasteiger partial charge in [0, 0.05) is 12.0 Å². The number of halogens is 1. The monoisotopic (exact) mass is 409 g/mol. The Morgan fingerprint density at radius 2 is 1.73 bits per heavy atom. The lowest BCUT2D eigenvalue weighted by Gasteiger charge is -2.25. The highest BCUT2D eigenvalue weighted by molar-refractivity contribution is 6.09. The van der Waals surface area contributed by atoms with Crippen LogP contribution in [0.1, 0.15) is 37.3 Å². The molecule has 7 heteroatoms. The van der Waals surface area contributed by atoms with Gasteiger partial charge in [-0.15, -0.1) is 0 Å². The molecule has 0 bridgehead atoms. The van der Waals surface area contributed by atoms with E-state index in [1.165, 1.54) is 29.8 Å². The van der Waals surface area contributed by atoms with E-state index >= 15 is 0 Å². The molecule has 0 radical (unpaired) electrons. The number of urea groups is 1. The molecule has 2 N–H and O–H groups in total. The molecule has 1 unspecified atom stereocenters. The molecular weight excluding hydrogens is 385 g/mol. The second-order valence-corrected chi connectivity index (χ2v) is 8.01. The minimum Gasteiger partial charge on any atom is -0.354 e. The molecule has 1 aliphatic carbocycles. The third-order valence-electron chi connectivity index (χ3n) is 6.21. The van der Waals surface area contributed by atoms with Crippen LogP contribution in [0.3, 0.4) is 0 Å². The first-order chi connectivity index (χ1) is 14.4. The number of rotatable bonds is 7. The van der Waals surface area contributed by atoms with Crippen molar-refractivity contribution in [2.24, 2.45) is 0 Å². The van der Waals surface area contributed by atoms with Gasteiger partial charge in [-0.3, -0.25) is 14.5 Å². The SMILES string of the molecule is CCC1(c2ccc(F)cc2)NC(=O)N(CC(=O)NCC2(c3ccccc3)CC2)C1=O. The molecule has 2 aliphatic rings. The van der Waals surface area contributed by atoms with E-state index in [9.17, 15) is 18.8 Å². The van der Waals surface area contributed by atoms with Gasteiger partial charge in [0.25, 0.3) is 5.91 Å². The number of carbonyl (C=O) groups excluding carboxylic acids is 3. The summed E-state index contributed by atoms with van der Waals surface area (Å²) in [6.07, 6.45) is 2.27. The van der Waals surface area contributed by atoms with Crippen molar-refractivity contribution in [1.29, 1.82) is 0 Å². The summed E-state index contributed by atoms with van der Waals surface area (Å²) in [7, 11) is 0. The highest BCUT2D eigenvalue weighted by Gasteiger charge is 2.52. The van der Waals surface area contributed by atoms with Crippen LogP contribution in [0.15, 0.2) is 54.6 Å². The highest BCUT2D eigenvalue weighted by atomic mass is 19.1. The van der Waals surface area contributed by atoms with Crippen molar-refractivity contribution in [3.05, 3.63) is 71.5 Å². The lowest BCUT2D eigenvalue weighted by Crippen LogP contribution is -2.45. The zero-order chi connectivity index (χ0) is 21.4. The molecule has 0 aromatic heterocycles. The second-order valence-electron chi connectivity index (χ2n) is 8.01. The molecule has 6 nitrogen and oxygen atoms in total. The van der Waals surface area contributed by atoms with Crippen LogP contribution < -0.4 is 10.6 Å². The van der Waals surface area contributed by atoms with Crippen LogP contribution in [0, 0.1) is 5.82 Å². The number of imide groups is 1. The highest BCUT2D eigenvalue weighted by Crippen LogP contribution is 2.47. The predicted molar refractivity (Wildman–Crippen MR) is 109 cm³/mol. The molecule has 156 valence electrons. The topological polar surface area (TPSA) is 78.5 Å². The Labute approximate surface area is 174 Å².